The fourth-order valence-electron chi connectivity index (χ4n) is 0.124. The van der Waals surface area contributed by atoms with Gasteiger partial charge in [0.15, 0.2) is 0 Å². The number of amides is 1. The second-order valence-corrected chi connectivity index (χ2v) is 1.05. The maximum absolute atomic E-state index is 11.0. The number of nitrogens with one attached hydrogen (secondary N) is 2. The normalized spacial score (nSPS) is 11.0. The molecule has 0 unspecified atom stereocenters. The monoisotopic (exact) mass is 144 g/mol. The molecule has 9 heavy (non-hydrogen) atoms. The Morgan fingerprint density at radius 3 is 2.00 bits per heavy atom. The van der Waals surface area contributed by atoms with E-state index in [2.05, 4.69) is 0 Å². The highest BCUT2D eigenvalue weighted by atomic mass is 19.4. The fraction of sp³-hybridized carbons (Fsp3) is 0.500. The zero-order valence-corrected chi connectivity index (χ0v) is 3.99. The van der Waals surface area contributed by atoms with Crippen LogP contribution in [0.2, 0.25) is 0 Å². The molecule has 0 spiro atoms. The maximum atomic E-state index is 11.0. The van der Waals surface area contributed by atoms with Gasteiger partial charge in [-0.15, -0.1) is 5.43 Å². The third-order valence-electron chi connectivity index (χ3n) is 0.311. The van der Waals surface area contributed by atoms with Crippen molar-refractivity contribution in [2.75, 3.05) is 0 Å². The molecule has 0 fully saturated rings. The minimum absolute atomic E-state index is 0.572. The van der Waals surface area contributed by atoms with Crippen LogP contribution in [0.4, 0.5) is 18.0 Å². The van der Waals surface area contributed by atoms with Crippen molar-refractivity contribution in [3.63, 3.8) is 0 Å². The van der Waals surface area contributed by atoms with E-state index in [0.29, 0.717) is 5.43 Å². The first-order valence-corrected chi connectivity index (χ1v) is 1.74. The standard InChI is InChI=1S/C2H3F3N2O2/c3-2(4,5)7-6-1(8)9/h6-7H,(H,8,9). The van der Waals surface area contributed by atoms with Gasteiger partial charge in [-0.2, -0.15) is 13.2 Å². The summed E-state index contributed by atoms with van der Waals surface area (Å²) >= 11 is 0. The molecule has 0 aliphatic heterocycles. The number of halogens is 3. The minimum Gasteiger partial charge on any atom is -0.464 e. The summed E-state index contributed by atoms with van der Waals surface area (Å²) in [6.07, 6.45) is -6.49. The summed E-state index contributed by atoms with van der Waals surface area (Å²) in [5.74, 6) is 0. The molecular formula is C2H3F3N2O2. The van der Waals surface area contributed by atoms with Gasteiger partial charge in [0, 0.05) is 0 Å². The molecule has 0 heterocycles. The molecule has 3 N–H and O–H groups in total. The molecule has 0 atom stereocenters. The predicted molar refractivity (Wildman–Crippen MR) is 20.4 cm³/mol. The lowest BCUT2D eigenvalue weighted by Gasteiger charge is -2.05. The third kappa shape index (κ3) is 7.02. The van der Waals surface area contributed by atoms with Crippen LogP contribution in [-0.2, 0) is 0 Å². The SMILES string of the molecule is O=C(O)NNC(F)(F)F. The summed E-state index contributed by atoms with van der Waals surface area (Å²) in [6, 6.07) is 0. The largest absolute Gasteiger partial charge is 0.474 e. The molecule has 0 aliphatic rings. The Hall–Kier alpha value is -0.980. The fourth-order valence-corrected chi connectivity index (χ4v) is 0.124. The Morgan fingerprint density at radius 2 is 1.89 bits per heavy atom. The van der Waals surface area contributed by atoms with Gasteiger partial charge in [0.05, 0.1) is 0 Å². The van der Waals surface area contributed by atoms with Crippen LogP contribution in [0.5, 0.6) is 0 Å². The Bertz CT molecular complexity index is 111. The Kier molecular flexibility index (Phi) is 2.26. The lowest BCUT2D eigenvalue weighted by atomic mass is 11.1. The van der Waals surface area contributed by atoms with Gasteiger partial charge in [0.1, 0.15) is 0 Å². The molecule has 0 radical (unpaired) electrons. The van der Waals surface area contributed by atoms with E-state index < -0.39 is 12.4 Å². The summed E-state index contributed by atoms with van der Waals surface area (Å²) in [6.45, 7) is 0. The molecule has 0 bridgehead atoms. The van der Waals surface area contributed by atoms with Crippen LogP contribution in [0.3, 0.4) is 0 Å². The Morgan fingerprint density at radius 1 is 1.44 bits per heavy atom. The highest BCUT2D eigenvalue weighted by molar-refractivity contribution is 5.63. The first-order chi connectivity index (χ1) is 3.92. The van der Waals surface area contributed by atoms with Gasteiger partial charge in [0.2, 0.25) is 0 Å². The van der Waals surface area contributed by atoms with Crippen molar-refractivity contribution in [1.29, 1.82) is 0 Å². The molecule has 0 aromatic carbocycles. The number of hydrogen-bond donors (Lipinski definition) is 3. The summed E-state index contributed by atoms with van der Waals surface area (Å²) in [7, 11) is 0. The van der Waals surface area contributed by atoms with Gasteiger partial charge >= 0.3 is 12.4 Å². The summed E-state index contributed by atoms with van der Waals surface area (Å²) in [5.41, 5.74) is 1.50. The summed E-state index contributed by atoms with van der Waals surface area (Å²) in [4.78, 5) is 9.37. The molecule has 0 saturated heterocycles. The van der Waals surface area contributed by atoms with Crippen molar-refractivity contribution in [3.8, 4) is 0 Å². The van der Waals surface area contributed by atoms with Crippen molar-refractivity contribution in [2.24, 2.45) is 0 Å². The molecule has 7 heteroatoms. The Balaban J connectivity index is 3.39. The quantitative estimate of drug-likeness (QED) is 0.366. The number of carboxylic acid groups (broad SMARTS) is 1. The zero-order valence-electron chi connectivity index (χ0n) is 3.99. The van der Waals surface area contributed by atoms with Gasteiger partial charge in [-0.3, -0.25) is 0 Å². The van der Waals surface area contributed by atoms with Crippen molar-refractivity contribution in [3.05, 3.63) is 0 Å². The maximum Gasteiger partial charge on any atom is 0.474 e. The van der Waals surface area contributed by atoms with E-state index in [1.54, 1.807) is 0 Å². The topological polar surface area (TPSA) is 61.4 Å². The van der Waals surface area contributed by atoms with Gasteiger partial charge in [0.25, 0.3) is 0 Å². The van der Waals surface area contributed by atoms with Crippen molar-refractivity contribution < 1.29 is 23.1 Å². The van der Waals surface area contributed by atoms with Gasteiger partial charge < -0.3 is 5.11 Å². The van der Waals surface area contributed by atoms with E-state index in [0.717, 1.165) is 5.43 Å². The molecule has 54 valence electrons. The Labute approximate surface area is 47.6 Å². The molecule has 1 amide bonds. The predicted octanol–water partition coefficient (Wildman–Crippen LogP) is 0.278. The van der Waals surface area contributed by atoms with Crippen LogP contribution < -0.4 is 10.9 Å². The minimum atomic E-state index is -4.71. The number of hydrogen-bond acceptors (Lipinski definition) is 2. The third-order valence-corrected chi connectivity index (χ3v) is 0.311. The summed E-state index contributed by atoms with van der Waals surface area (Å²) < 4.78 is 32.9. The average molecular weight is 144 g/mol. The first-order valence-electron chi connectivity index (χ1n) is 1.74. The number of rotatable bonds is 1. The van der Waals surface area contributed by atoms with Gasteiger partial charge in [-0.25, -0.2) is 10.2 Å². The van der Waals surface area contributed by atoms with E-state index in [1.165, 1.54) is 0 Å². The molecule has 0 rings (SSSR count). The molecule has 4 nitrogen and oxygen atoms in total. The molecule has 0 aromatic heterocycles. The van der Waals surface area contributed by atoms with E-state index >= 15 is 0 Å². The number of alkyl halides is 3. The van der Waals surface area contributed by atoms with Crippen molar-refractivity contribution in [2.45, 2.75) is 6.30 Å². The van der Waals surface area contributed by atoms with E-state index in [1.807, 2.05) is 0 Å². The zero-order chi connectivity index (χ0) is 7.49. The second kappa shape index (κ2) is 2.53. The van der Waals surface area contributed by atoms with Crippen LogP contribution >= 0.6 is 0 Å². The van der Waals surface area contributed by atoms with Gasteiger partial charge in [-0.05, 0) is 0 Å². The van der Waals surface area contributed by atoms with Crippen LogP contribution in [-0.4, -0.2) is 17.5 Å². The average Bonchev–Trinajstić information content (AvgIpc) is 1.59. The lowest BCUT2D eigenvalue weighted by Crippen LogP contribution is -2.45. The smallest absolute Gasteiger partial charge is 0.464 e. The molecule has 0 aromatic rings. The lowest BCUT2D eigenvalue weighted by molar-refractivity contribution is -0.164. The van der Waals surface area contributed by atoms with Crippen LogP contribution in [0.25, 0.3) is 0 Å². The highest BCUT2D eigenvalue weighted by Crippen LogP contribution is 2.06. The van der Waals surface area contributed by atoms with Crippen molar-refractivity contribution in [1.82, 2.24) is 10.9 Å². The van der Waals surface area contributed by atoms with Crippen LogP contribution in [0.15, 0.2) is 0 Å². The molecule has 0 aliphatic carbocycles. The molecule has 0 saturated carbocycles. The number of hydrazine groups is 1. The highest BCUT2D eigenvalue weighted by Gasteiger charge is 2.27. The van der Waals surface area contributed by atoms with E-state index in [9.17, 15) is 18.0 Å². The van der Waals surface area contributed by atoms with Gasteiger partial charge in [-0.1, -0.05) is 0 Å². The molecular weight excluding hydrogens is 141 g/mol. The summed E-state index contributed by atoms with van der Waals surface area (Å²) in [5, 5.41) is 7.60. The van der Waals surface area contributed by atoms with Crippen molar-refractivity contribution >= 4 is 6.09 Å². The van der Waals surface area contributed by atoms with E-state index in [-0.39, 0.29) is 0 Å². The van der Waals surface area contributed by atoms with Crippen LogP contribution in [0.1, 0.15) is 0 Å². The first kappa shape index (κ1) is 8.02. The second-order valence-electron chi connectivity index (χ2n) is 1.05. The van der Waals surface area contributed by atoms with E-state index in [4.69, 9.17) is 5.11 Å². The van der Waals surface area contributed by atoms with Crippen LogP contribution in [0, 0.1) is 0 Å². The number of carbonyl (C=O) groups is 1.